The summed E-state index contributed by atoms with van der Waals surface area (Å²) < 4.78 is 3.19. The first-order chi connectivity index (χ1) is 9.52. The lowest BCUT2D eigenvalue weighted by atomic mass is 10.4. The second-order valence-electron chi connectivity index (χ2n) is 4.83. The molecule has 0 bridgehead atoms. The molecule has 0 saturated heterocycles. The maximum atomic E-state index is 12.0. The number of aryl methyl sites for hydroxylation is 1. The molecule has 0 fully saturated rings. The highest BCUT2D eigenvalue weighted by Gasteiger charge is 2.10. The Hall–Kier alpha value is -1.82. The lowest BCUT2D eigenvalue weighted by molar-refractivity contribution is 0.532. The summed E-state index contributed by atoms with van der Waals surface area (Å²) in [7, 11) is 0. The average molecular weight is 296 g/mol. The number of aromatic nitrogens is 4. The van der Waals surface area contributed by atoms with Crippen LogP contribution in [0.15, 0.2) is 23.4 Å². The molecule has 108 valence electrons. The van der Waals surface area contributed by atoms with E-state index in [9.17, 15) is 4.79 Å². The number of nitrogens with zero attached hydrogens (tertiary/aromatic N) is 4. The molecule has 1 N–H and O–H groups in total. The number of halogens is 1. The fraction of sp³-hybridized carbons (Fsp3) is 0.462. The highest BCUT2D eigenvalue weighted by Crippen LogP contribution is 2.21. The summed E-state index contributed by atoms with van der Waals surface area (Å²) in [4.78, 5) is 12.0. The van der Waals surface area contributed by atoms with Gasteiger partial charge in [0.25, 0.3) is 5.56 Å². The van der Waals surface area contributed by atoms with E-state index in [4.69, 9.17) is 11.6 Å². The number of nitrogens with one attached hydrogen (secondary N) is 1. The fourth-order valence-corrected chi connectivity index (χ4v) is 1.96. The summed E-state index contributed by atoms with van der Waals surface area (Å²) in [5, 5.41) is 11.5. The summed E-state index contributed by atoms with van der Waals surface area (Å²) in [5.41, 5.74) is 0.983. The molecule has 0 aliphatic heterocycles. The first-order valence-corrected chi connectivity index (χ1v) is 6.97. The first kappa shape index (κ1) is 14.6. The summed E-state index contributed by atoms with van der Waals surface area (Å²) in [6.07, 6.45) is 5.94. The van der Waals surface area contributed by atoms with E-state index in [0.717, 1.165) is 12.1 Å². The fourth-order valence-electron chi connectivity index (χ4n) is 1.76. The number of hydrogen-bond donors (Lipinski definition) is 1. The van der Waals surface area contributed by atoms with Crippen LogP contribution in [0.1, 0.15) is 33.2 Å². The Bertz CT molecular complexity index is 646. The van der Waals surface area contributed by atoms with Gasteiger partial charge in [0.05, 0.1) is 23.8 Å². The molecule has 0 radical (unpaired) electrons. The van der Waals surface area contributed by atoms with Gasteiger partial charge in [-0.15, -0.1) is 0 Å². The SMILES string of the molecule is CCCn1ncc(Nc2cnn(C(C)C)c2)c(Cl)c1=O. The molecule has 0 aliphatic carbocycles. The molecule has 0 atom stereocenters. The molecular formula is C13H18ClN5O. The van der Waals surface area contributed by atoms with Crippen LogP contribution in [0.2, 0.25) is 5.02 Å². The zero-order valence-corrected chi connectivity index (χ0v) is 12.6. The van der Waals surface area contributed by atoms with Gasteiger partial charge < -0.3 is 5.32 Å². The van der Waals surface area contributed by atoms with Crippen molar-refractivity contribution in [3.8, 4) is 0 Å². The molecule has 0 amide bonds. The Morgan fingerprint density at radius 3 is 2.70 bits per heavy atom. The van der Waals surface area contributed by atoms with Gasteiger partial charge >= 0.3 is 0 Å². The third-order valence-corrected chi connectivity index (χ3v) is 3.20. The van der Waals surface area contributed by atoms with Crippen LogP contribution in [0.4, 0.5) is 11.4 Å². The second kappa shape index (κ2) is 6.09. The molecule has 0 aromatic carbocycles. The van der Waals surface area contributed by atoms with Crippen LogP contribution in [0.3, 0.4) is 0 Å². The van der Waals surface area contributed by atoms with Gasteiger partial charge in [-0.05, 0) is 20.3 Å². The van der Waals surface area contributed by atoms with E-state index in [2.05, 4.69) is 15.5 Å². The lowest BCUT2D eigenvalue weighted by Crippen LogP contribution is -2.23. The van der Waals surface area contributed by atoms with Gasteiger partial charge in [-0.3, -0.25) is 9.48 Å². The van der Waals surface area contributed by atoms with Crippen molar-refractivity contribution >= 4 is 23.0 Å². The molecule has 0 saturated carbocycles. The number of rotatable bonds is 5. The minimum absolute atomic E-state index is 0.144. The molecule has 6 nitrogen and oxygen atoms in total. The van der Waals surface area contributed by atoms with Crippen molar-refractivity contribution in [3.05, 3.63) is 34.0 Å². The quantitative estimate of drug-likeness (QED) is 0.921. The van der Waals surface area contributed by atoms with Gasteiger partial charge in [0.2, 0.25) is 0 Å². The van der Waals surface area contributed by atoms with Gasteiger partial charge in [0.1, 0.15) is 5.02 Å². The van der Waals surface area contributed by atoms with Crippen molar-refractivity contribution in [1.29, 1.82) is 0 Å². The maximum Gasteiger partial charge on any atom is 0.287 e. The minimum Gasteiger partial charge on any atom is -0.350 e. The van der Waals surface area contributed by atoms with Gasteiger partial charge in [-0.2, -0.15) is 10.2 Å². The molecule has 0 unspecified atom stereocenters. The summed E-state index contributed by atoms with van der Waals surface area (Å²) in [6, 6.07) is 0.275. The van der Waals surface area contributed by atoms with Crippen LogP contribution < -0.4 is 10.9 Å². The Labute approximate surface area is 122 Å². The smallest absolute Gasteiger partial charge is 0.287 e. The second-order valence-corrected chi connectivity index (χ2v) is 5.21. The Balaban J connectivity index is 2.25. The topological polar surface area (TPSA) is 64.7 Å². The lowest BCUT2D eigenvalue weighted by Gasteiger charge is -2.08. The van der Waals surface area contributed by atoms with E-state index in [1.807, 2.05) is 31.6 Å². The van der Waals surface area contributed by atoms with Gasteiger partial charge in [-0.25, -0.2) is 4.68 Å². The predicted molar refractivity (Wildman–Crippen MR) is 79.7 cm³/mol. The molecule has 20 heavy (non-hydrogen) atoms. The van der Waals surface area contributed by atoms with Crippen LogP contribution >= 0.6 is 11.6 Å². The van der Waals surface area contributed by atoms with Crippen molar-refractivity contribution < 1.29 is 0 Å². The zero-order valence-electron chi connectivity index (χ0n) is 11.8. The van der Waals surface area contributed by atoms with E-state index in [0.29, 0.717) is 12.2 Å². The molecule has 2 aromatic rings. The third kappa shape index (κ3) is 3.01. The minimum atomic E-state index is -0.283. The van der Waals surface area contributed by atoms with Gasteiger partial charge in [-0.1, -0.05) is 18.5 Å². The summed E-state index contributed by atoms with van der Waals surface area (Å²) in [6.45, 7) is 6.62. The van der Waals surface area contributed by atoms with Crippen LogP contribution in [-0.4, -0.2) is 19.6 Å². The highest BCUT2D eigenvalue weighted by molar-refractivity contribution is 6.33. The van der Waals surface area contributed by atoms with Crippen LogP contribution in [0.25, 0.3) is 0 Å². The normalized spacial score (nSPS) is 11.1. The monoisotopic (exact) mass is 295 g/mol. The number of hydrogen-bond acceptors (Lipinski definition) is 4. The predicted octanol–water partition coefficient (Wildman–Crippen LogP) is 2.83. The van der Waals surface area contributed by atoms with Crippen LogP contribution in [0.5, 0.6) is 0 Å². The Morgan fingerprint density at radius 2 is 2.10 bits per heavy atom. The van der Waals surface area contributed by atoms with Crippen LogP contribution in [0, 0.1) is 0 Å². The van der Waals surface area contributed by atoms with Crippen molar-refractivity contribution in [2.45, 2.75) is 39.8 Å². The van der Waals surface area contributed by atoms with Crippen molar-refractivity contribution in [2.75, 3.05) is 5.32 Å². The maximum absolute atomic E-state index is 12.0. The molecule has 0 aliphatic rings. The molecule has 2 aromatic heterocycles. The first-order valence-electron chi connectivity index (χ1n) is 6.59. The number of anilines is 2. The third-order valence-electron chi connectivity index (χ3n) is 2.83. The van der Waals surface area contributed by atoms with Gasteiger partial charge in [0, 0.05) is 18.8 Å². The molecule has 2 heterocycles. The van der Waals surface area contributed by atoms with E-state index in [-0.39, 0.29) is 16.6 Å². The van der Waals surface area contributed by atoms with E-state index < -0.39 is 0 Å². The van der Waals surface area contributed by atoms with E-state index >= 15 is 0 Å². The van der Waals surface area contributed by atoms with Crippen molar-refractivity contribution in [2.24, 2.45) is 0 Å². The zero-order chi connectivity index (χ0) is 14.7. The standard InChI is InChI=1S/C13H18ClN5O/c1-4-5-18-13(20)12(14)11(7-16-18)17-10-6-15-19(8-10)9(2)3/h6-9,17H,4-5H2,1-3H3. The largest absolute Gasteiger partial charge is 0.350 e. The van der Waals surface area contributed by atoms with Crippen molar-refractivity contribution in [1.82, 2.24) is 19.6 Å². The van der Waals surface area contributed by atoms with Crippen molar-refractivity contribution in [3.63, 3.8) is 0 Å². The molecular weight excluding hydrogens is 278 g/mol. The summed E-state index contributed by atoms with van der Waals surface area (Å²) >= 11 is 6.09. The average Bonchev–Trinajstić information content (AvgIpc) is 2.87. The molecule has 0 spiro atoms. The van der Waals surface area contributed by atoms with Gasteiger partial charge in [0.15, 0.2) is 0 Å². The Kier molecular flexibility index (Phi) is 4.44. The van der Waals surface area contributed by atoms with E-state index in [1.54, 1.807) is 12.4 Å². The summed E-state index contributed by atoms with van der Waals surface area (Å²) in [5.74, 6) is 0. The van der Waals surface area contributed by atoms with Crippen LogP contribution in [-0.2, 0) is 6.54 Å². The Morgan fingerprint density at radius 1 is 1.35 bits per heavy atom. The van der Waals surface area contributed by atoms with E-state index in [1.165, 1.54) is 4.68 Å². The molecule has 2 rings (SSSR count). The molecule has 7 heteroatoms. The highest BCUT2D eigenvalue weighted by atomic mass is 35.5.